The molecule has 0 radical (unpaired) electrons. The number of rotatable bonds is 3. The second-order valence-corrected chi connectivity index (χ2v) is 5.99. The topological polar surface area (TPSA) is 74.2 Å². The predicted molar refractivity (Wildman–Crippen MR) is 81.4 cm³/mol. The maximum atomic E-state index is 12.0. The van der Waals surface area contributed by atoms with Crippen molar-refractivity contribution in [2.45, 2.75) is 33.3 Å². The zero-order chi connectivity index (χ0) is 16.0. The molecule has 0 aromatic rings. The van der Waals surface area contributed by atoms with E-state index in [0.717, 1.165) is 0 Å². The van der Waals surface area contributed by atoms with E-state index in [2.05, 4.69) is 10.3 Å². The van der Waals surface area contributed by atoms with Gasteiger partial charge in [-0.15, -0.1) is 0 Å². The molecule has 0 aliphatic carbocycles. The van der Waals surface area contributed by atoms with Gasteiger partial charge in [0.2, 0.25) is 5.91 Å². The van der Waals surface area contributed by atoms with Crippen molar-refractivity contribution in [2.75, 3.05) is 39.8 Å². The fraction of sp³-hybridized carbons (Fsp3) is 0.786. The Labute approximate surface area is 126 Å². The molecule has 1 aliphatic heterocycles. The third kappa shape index (κ3) is 6.01. The van der Waals surface area contributed by atoms with Gasteiger partial charge in [-0.25, -0.2) is 4.79 Å². The Morgan fingerprint density at radius 2 is 2.10 bits per heavy atom. The first kappa shape index (κ1) is 17.3. The van der Waals surface area contributed by atoms with Crippen LogP contribution in [0, 0.1) is 0 Å². The maximum Gasteiger partial charge on any atom is 0.410 e. The Morgan fingerprint density at radius 3 is 2.67 bits per heavy atom. The summed E-state index contributed by atoms with van der Waals surface area (Å²) in [5, 5.41) is 2.99. The predicted octanol–water partition coefficient (Wildman–Crippen LogP) is 0.704. The van der Waals surface area contributed by atoms with Crippen molar-refractivity contribution in [3.8, 4) is 0 Å². The number of nitrogens with zero attached hydrogens (tertiary/aromatic N) is 3. The quantitative estimate of drug-likeness (QED) is 0.832. The molecule has 1 heterocycles. The molecule has 0 bridgehead atoms. The SMILES string of the molecule is CCN(C)C(=O)CNC1=NCCN(C(=O)OC(C)(C)C)C1. The van der Waals surface area contributed by atoms with Crippen molar-refractivity contribution in [2.24, 2.45) is 4.99 Å². The number of carbonyl (C=O) groups excluding carboxylic acids is 2. The Balaban J connectivity index is 2.47. The second-order valence-electron chi connectivity index (χ2n) is 5.99. The number of hydrogen-bond acceptors (Lipinski definition) is 5. The highest BCUT2D eigenvalue weighted by Crippen LogP contribution is 2.10. The van der Waals surface area contributed by atoms with Crippen molar-refractivity contribution >= 4 is 17.8 Å². The summed E-state index contributed by atoms with van der Waals surface area (Å²) in [6.45, 7) is 9.66. The summed E-state index contributed by atoms with van der Waals surface area (Å²) in [6.07, 6.45) is -0.353. The number of amidine groups is 1. The molecule has 2 amide bonds. The highest BCUT2D eigenvalue weighted by Gasteiger charge is 2.25. The fourth-order valence-corrected chi connectivity index (χ4v) is 1.70. The average Bonchev–Trinajstić information content (AvgIpc) is 2.42. The Kier molecular flexibility index (Phi) is 5.99. The van der Waals surface area contributed by atoms with Crippen molar-refractivity contribution < 1.29 is 14.3 Å². The highest BCUT2D eigenvalue weighted by atomic mass is 16.6. The number of aliphatic imine (C=N–C) groups is 1. The molecule has 7 heteroatoms. The van der Waals surface area contributed by atoms with Crippen LogP contribution in [0.15, 0.2) is 4.99 Å². The van der Waals surface area contributed by atoms with E-state index < -0.39 is 5.60 Å². The van der Waals surface area contributed by atoms with E-state index in [9.17, 15) is 9.59 Å². The summed E-state index contributed by atoms with van der Waals surface area (Å²) in [4.78, 5) is 31.2. The lowest BCUT2D eigenvalue weighted by molar-refractivity contribution is -0.128. The summed E-state index contributed by atoms with van der Waals surface area (Å²) in [6, 6.07) is 0. The first-order valence-electron chi connectivity index (χ1n) is 7.22. The zero-order valence-electron chi connectivity index (χ0n) is 13.6. The van der Waals surface area contributed by atoms with Crippen molar-refractivity contribution in [1.29, 1.82) is 0 Å². The lowest BCUT2D eigenvalue weighted by Gasteiger charge is -2.30. The molecule has 7 nitrogen and oxygen atoms in total. The molecular formula is C14H26N4O3. The molecular weight excluding hydrogens is 272 g/mol. The summed E-state index contributed by atoms with van der Waals surface area (Å²) in [5.41, 5.74) is -0.515. The molecule has 1 N–H and O–H groups in total. The number of carbonyl (C=O) groups is 2. The molecule has 0 unspecified atom stereocenters. The standard InChI is InChI=1S/C14H26N4O3/c1-6-17(5)12(19)9-16-11-10-18(8-7-15-11)13(20)21-14(2,3)4/h6-10H2,1-5H3,(H,15,16). The van der Waals surface area contributed by atoms with E-state index in [1.165, 1.54) is 0 Å². The number of nitrogens with one attached hydrogen (secondary N) is 1. The van der Waals surface area contributed by atoms with Crippen LogP contribution >= 0.6 is 0 Å². The third-order valence-electron chi connectivity index (χ3n) is 3.01. The molecule has 0 aromatic carbocycles. The Morgan fingerprint density at radius 1 is 1.43 bits per heavy atom. The first-order chi connectivity index (χ1) is 9.73. The van der Waals surface area contributed by atoms with Gasteiger partial charge in [0.15, 0.2) is 0 Å². The van der Waals surface area contributed by atoms with Crippen LogP contribution in [-0.4, -0.2) is 73.0 Å². The minimum atomic E-state index is -0.515. The molecule has 120 valence electrons. The Hall–Kier alpha value is -1.79. The van der Waals surface area contributed by atoms with Gasteiger partial charge in [-0.3, -0.25) is 14.7 Å². The van der Waals surface area contributed by atoms with Crippen molar-refractivity contribution in [3.63, 3.8) is 0 Å². The van der Waals surface area contributed by atoms with Gasteiger partial charge < -0.3 is 15.0 Å². The smallest absolute Gasteiger partial charge is 0.410 e. The molecule has 0 spiro atoms. The van der Waals surface area contributed by atoms with Gasteiger partial charge in [-0.05, 0) is 27.7 Å². The average molecular weight is 298 g/mol. The summed E-state index contributed by atoms with van der Waals surface area (Å²) in [5.74, 6) is 0.638. The van der Waals surface area contributed by atoms with Gasteiger partial charge in [0.1, 0.15) is 11.4 Å². The molecule has 0 atom stereocenters. The number of amides is 2. The molecule has 1 rings (SSSR count). The largest absolute Gasteiger partial charge is 0.444 e. The van der Waals surface area contributed by atoms with Crippen LogP contribution in [0.5, 0.6) is 0 Å². The fourth-order valence-electron chi connectivity index (χ4n) is 1.70. The van der Waals surface area contributed by atoms with Gasteiger partial charge in [-0.1, -0.05) is 0 Å². The monoisotopic (exact) mass is 298 g/mol. The van der Waals surface area contributed by atoms with Crippen LogP contribution in [0.3, 0.4) is 0 Å². The second kappa shape index (κ2) is 7.28. The van der Waals surface area contributed by atoms with Crippen LogP contribution in [0.1, 0.15) is 27.7 Å². The third-order valence-corrected chi connectivity index (χ3v) is 3.01. The summed E-state index contributed by atoms with van der Waals surface area (Å²) in [7, 11) is 1.75. The summed E-state index contributed by atoms with van der Waals surface area (Å²) >= 11 is 0. The molecule has 1 aliphatic rings. The van der Waals surface area contributed by atoms with Crippen LogP contribution in [0.4, 0.5) is 4.79 Å². The van der Waals surface area contributed by atoms with Crippen LogP contribution in [-0.2, 0) is 9.53 Å². The number of likely N-dealkylation sites (N-methyl/N-ethyl adjacent to an activating group) is 1. The van der Waals surface area contributed by atoms with E-state index in [0.29, 0.717) is 32.0 Å². The van der Waals surface area contributed by atoms with Crippen LogP contribution in [0.25, 0.3) is 0 Å². The highest BCUT2D eigenvalue weighted by molar-refractivity contribution is 5.91. The Bertz CT molecular complexity index is 415. The van der Waals surface area contributed by atoms with Crippen molar-refractivity contribution in [1.82, 2.24) is 15.1 Å². The van der Waals surface area contributed by atoms with Crippen LogP contribution < -0.4 is 5.32 Å². The molecule has 0 saturated heterocycles. The molecule has 0 aromatic heterocycles. The van der Waals surface area contributed by atoms with E-state index >= 15 is 0 Å². The van der Waals surface area contributed by atoms with E-state index in [1.807, 2.05) is 27.7 Å². The zero-order valence-corrected chi connectivity index (χ0v) is 13.6. The van der Waals surface area contributed by atoms with E-state index in [4.69, 9.17) is 4.74 Å². The first-order valence-corrected chi connectivity index (χ1v) is 7.22. The maximum absolute atomic E-state index is 12.0. The number of hydrogen-bond donors (Lipinski definition) is 1. The van der Waals surface area contributed by atoms with Gasteiger partial charge in [-0.2, -0.15) is 0 Å². The lowest BCUT2D eigenvalue weighted by atomic mass is 10.2. The molecule has 0 fully saturated rings. The normalized spacial score (nSPS) is 15.3. The van der Waals surface area contributed by atoms with Gasteiger partial charge in [0, 0.05) is 20.1 Å². The van der Waals surface area contributed by atoms with Gasteiger partial charge in [0.05, 0.1) is 19.6 Å². The molecule has 21 heavy (non-hydrogen) atoms. The lowest BCUT2D eigenvalue weighted by Crippen LogP contribution is -2.49. The van der Waals surface area contributed by atoms with Crippen LogP contribution in [0.2, 0.25) is 0 Å². The summed E-state index contributed by atoms with van der Waals surface area (Å²) < 4.78 is 5.34. The minimum Gasteiger partial charge on any atom is -0.444 e. The minimum absolute atomic E-state index is 0.00501. The van der Waals surface area contributed by atoms with Gasteiger partial charge >= 0.3 is 6.09 Å². The van der Waals surface area contributed by atoms with E-state index in [1.54, 1.807) is 16.8 Å². The van der Waals surface area contributed by atoms with Gasteiger partial charge in [0.25, 0.3) is 0 Å². The number of ether oxygens (including phenoxy) is 1. The molecule has 0 saturated carbocycles. The van der Waals surface area contributed by atoms with E-state index in [-0.39, 0.29) is 18.5 Å². The van der Waals surface area contributed by atoms with Crippen molar-refractivity contribution in [3.05, 3.63) is 0 Å².